The molecule has 0 aliphatic rings. The van der Waals surface area contributed by atoms with Crippen LogP contribution in [0.5, 0.6) is 5.75 Å². The molecule has 0 atom stereocenters. The largest absolute Gasteiger partial charge is 0.494 e. The molecule has 0 saturated heterocycles. The number of hydrogen-bond acceptors (Lipinski definition) is 2. The van der Waals surface area contributed by atoms with Gasteiger partial charge in [-0.15, -0.1) is 0 Å². The molecule has 29 heavy (non-hydrogen) atoms. The van der Waals surface area contributed by atoms with Gasteiger partial charge in [-0.1, -0.05) is 104 Å². The number of benzene rings is 1. The van der Waals surface area contributed by atoms with Crippen molar-refractivity contribution < 1.29 is 4.74 Å². The Labute approximate surface area is 182 Å². The maximum Gasteiger partial charge on any atom is 0.121 e. The van der Waals surface area contributed by atoms with Crippen molar-refractivity contribution in [3.8, 4) is 5.75 Å². The van der Waals surface area contributed by atoms with Crippen LogP contribution in [0.25, 0.3) is 0 Å². The lowest BCUT2D eigenvalue weighted by Crippen LogP contribution is -2.25. The first-order valence-electron chi connectivity index (χ1n) is 12.8. The van der Waals surface area contributed by atoms with Crippen molar-refractivity contribution >= 4 is 5.69 Å². The van der Waals surface area contributed by atoms with Crippen molar-refractivity contribution in [3.63, 3.8) is 0 Å². The van der Waals surface area contributed by atoms with Crippen molar-refractivity contribution in [1.82, 2.24) is 0 Å². The first kappa shape index (κ1) is 25.9. The lowest BCUT2D eigenvalue weighted by Gasteiger charge is -2.25. The Bertz CT molecular complexity index is 459. The fourth-order valence-corrected chi connectivity index (χ4v) is 3.85. The normalized spacial score (nSPS) is 11.0. The number of anilines is 1. The molecule has 168 valence electrons. The molecule has 0 spiro atoms. The second kappa shape index (κ2) is 18.8. The number of unbranched alkanes of at least 4 members (excludes halogenated alkanes) is 12. The Balaban J connectivity index is 2.50. The van der Waals surface area contributed by atoms with E-state index in [1.807, 2.05) is 0 Å². The van der Waals surface area contributed by atoms with Crippen LogP contribution in [0.2, 0.25) is 0 Å². The summed E-state index contributed by atoms with van der Waals surface area (Å²) >= 11 is 0. The first-order chi connectivity index (χ1) is 14.3. The molecular formula is C27H49NO. The van der Waals surface area contributed by atoms with Gasteiger partial charge >= 0.3 is 0 Å². The lowest BCUT2D eigenvalue weighted by molar-refractivity contribution is 0.304. The first-order valence-corrected chi connectivity index (χ1v) is 12.8. The van der Waals surface area contributed by atoms with Gasteiger partial charge in [0, 0.05) is 24.8 Å². The van der Waals surface area contributed by atoms with Crippen LogP contribution >= 0.6 is 0 Å². The van der Waals surface area contributed by atoms with Crippen molar-refractivity contribution in [2.45, 2.75) is 117 Å². The molecular weight excluding hydrogens is 354 g/mol. The number of hydrogen-bond donors (Lipinski definition) is 0. The number of ether oxygens (including phenoxy) is 1. The van der Waals surface area contributed by atoms with Crippen LogP contribution in [0.1, 0.15) is 117 Å². The highest BCUT2D eigenvalue weighted by molar-refractivity contribution is 5.50. The summed E-state index contributed by atoms with van der Waals surface area (Å²) in [6.45, 7) is 10.0. The third kappa shape index (κ3) is 13.6. The van der Waals surface area contributed by atoms with Crippen molar-refractivity contribution in [1.29, 1.82) is 0 Å². The molecule has 1 aromatic carbocycles. The Morgan fingerprint density at radius 2 is 1.14 bits per heavy atom. The fourth-order valence-electron chi connectivity index (χ4n) is 3.85. The molecule has 0 aliphatic carbocycles. The van der Waals surface area contributed by atoms with Crippen LogP contribution in [0.4, 0.5) is 5.69 Å². The second-order valence-electron chi connectivity index (χ2n) is 8.58. The van der Waals surface area contributed by atoms with Gasteiger partial charge in [0.1, 0.15) is 5.75 Å². The lowest BCUT2D eigenvalue weighted by atomic mass is 10.1. The topological polar surface area (TPSA) is 12.5 Å². The van der Waals surface area contributed by atoms with Crippen molar-refractivity contribution in [2.24, 2.45) is 0 Å². The van der Waals surface area contributed by atoms with E-state index >= 15 is 0 Å². The Kier molecular flexibility index (Phi) is 16.8. The molecule has 0 radical (unpaired) electrons. The summed E-state index contributed by atoms with van der Waals surface area (Å²) in [5.74, 6) is 1.04. The highest BCUT2D eigenvalue weighted by atomic mass is 16.5. The van der Waals surface area contributed by atoms with Crippen LogP contribution in [0, 0.1) is 0 Å². The van der Waals surface area contributed by atoms with E-state index in [1.54, 1.807) is 0 Å². The smallest absolute Gasteiger partial charge is 0.121 e. The standard InChI is InChI=1S/C27H49NO/c1-4-7-10-13-16-22-28(23-17-14-11-8-5-2)26-20-19-21-27(25-26)29-24-18-15-12-9-6-3/h19-21,25H,4-18,22-24H2,1-3H3. The minimum Gasteiger partial charge on any atom is -0.494 e. The van der Waals surface area contributed by atoms with E-state index in [1.165, 1.54) is 115 Å². The number of nitrogens with zero attached hydrogens (tertiary/aromatic N) is 1. The maximum atomic E-state index is 6.07. The van der Waals surface area contributed by atoms with Gasteiger partial charge in [-0.25, -0.2) is 0 Å². The molecule has 0 unspecified atom stereocenters. The minimum absolute atomic E-state index is 0.848. The molecule has 2 heteroatoms. The summed E-state index contributed by atoms with van der Waals surface area (Å²) in [6, 6.07) is 8.83. The maximum absolute atomic E-state index is 6.07. The van der Waals surface area contributed by atoms with E-state index in [2.05, 4.69) is 49.9 Å². The zero-order chi connectivity index (χ0) is 21.0. The van der Waals surface area contributed by atoms with Gasteiger partial charge in [0.05, 0.1) is 6.61 Å². The summed E-state index contributed by atoms with van der Waals surface area (Å²) in [5.41, 5.74) is 1.35. The van der Waals surface area contributed by atoms with E-state index in [4.69, 9.17) is 4.74 Å². The SMILES string of the molecule is CCCCCCCOc1cccc(N(CCCCCCC)CCCCCCC)c1. The summed E-state index contributed by atoms with van der Waals surface area (Å²) in [5, 5.41) is 0. The van der Waals surface area contributed by atoms with Gasteiger partial charge in [0.2, 0.25) is 0 Å². The summed E-state index contributed by atoms with van der Waals surface area (Å²) in [4.78, 5) is 2.60. The average molecular weight is 404 g/mol. The molecule has 0 bridgehead atoms. The third-order valence-electron chi connectivity index (χ3n) is 5.76. The van der Waals surface area contributed by atoms with Gasteiger partial charge in [-0.3, -0.25) is 0 Å². The van der Waals surface area contributed by atoms with Crippen molar-refractivity contribution in [3.05, 3.63) is 24.3 Å². The third-order valence-corrected chi connectivity index (χ3v) is 5.76. The molecule has 1 rings (SSSR count). The molecule has 1 aromatic rings. The molecule has 0 amide bonds. The Morgan fingerprint density at radius 3 is 1.69 bits per heavy atom. The molecule has 0 aliphatic heterocycles. The van der Waals surface area contributed by atoms with E-state index in [9.17, 15) is 0 Å². The van der Waals surface area contributed by atoms with Gasteiger partial charge in [0.15, 0.2) is 0 Å². The fraction of sp³-hybridized carbons (Fsp3) is 0.778. The van der Waals surface area contributed by atoms with Crippen LogP contribution in [0.15, 0.2) is 24.3 Å². The predicted molar refractivity (Wildman–Crippen MR) is 130 cm³/mol. The highest BCUT2D eigenvalue weighted by Crippen LogP contribution is 2.23. The monoisotopic (exact) mass is 403 g/mol. The predicted octanol–water partition coefficient (Wildman–Crippen LogP) is 8.78. The zero-order valence-corrected chi connectivity index (χ0v) is 19.9. The van der Waals surface area contributed by atoms with Crippen molar-refractivity contribution in [2.75, 3.05) is 24.6 Å². The minimum atomic E-state index is 0.848. The van der Waals surface area contributed by atoms with Crippen LogP contribution in [0.3, 0.4) is 0 Å². The Hall–Kier alpha value is -1.18. The molecule has 2 nitrogen and oxygen atoms in total. The molecule has 0 aromatic heterocycles. The highest BCUT2D eigenvalue weighted by Gasteiger charge is 2.08. The van der Waals surface area contributed by atoms with E-state index in [0.717, 1.165) is 12.4 Å². The van der Waals surface area contributed by atoms with Crippen LogP contribution in [-0.2, 0) is 0 Å². The second-order valence-corrected chi connectivity index (χ2v) is 8.58. The molecule has 0 heterocycles. The summed E-state index contributed by atoms with van der Waals surface area (Å²) < 4.78 is 6.07. The number of rotatable bonds is 20. The van der Waals surface area contributed by atoms with Gasteiger partial charge in [0.25, 0.3) is 0 Å². The van der Waals surface area contributed by atoms with Crippen LogP contribution in [-0.4, -0.2) is 19.7 Å². The summed E-state index contributed by atoms with van der Waals surface area (Å²) in [6.07, 6.45) is 19.9. The van der Waals surface area contributed by atoms with Gasteiger partial charge in [-0.2, -0.15) is 0 Å². The Morgan fingerprint density at radius 1 is 0.621 bits per heavy atom. The van der Waals surface area contributed by atoms with Gasteiger partial charge in [-0.05, 0) is 31.4 Å². The quantitative estimate of drug-likeness (QED) is 0.202. The van der Waals surface area contributed by atoms with E-state index in [0.29, 0.717) is 0 Å². The molecule has 0 saturated carbocycles. The van der Waals surface area contributed by atoms with Crippen LogP contribution < -0.4 is 9.64 Å². The average Bonchev–Trinajstić information content (AvgIpc) is 2.74. The zero-order valence-electron chi connectivity index (χ0n) is 19.9. The summed E-state index contributed by atoms with van der Waals surface area (Å²) in [7, 11) is 0. The van der Waals surface area contributed by atoms with E-state index < -0.39 is 0 Å². The van der Waals surface area contributed by atoms with Gasteiger partial charge < -0.3 is 9.64 Å². The molecule has 0 fully saturated rings. The molecule has 0 N–H and O–H groups in total. The van der Waals surface area contributed by atoms with E-state index in [-0.39, 0.29) is 0 Å².